The van der Waals surface area contributed by atoms with Gasteiger partial charge in [0, 0.05) is 0 Å². The third-order valence-corrected chi connectivity index (χ3v) is 7.41. The maximum atomic E-state index is 10.7. The van der Waals surface area contributed by atoms with Gasteiger partial charge in [0.25, 0.3) is 0 Å². The number of ether oxygens (including phenoxy) is 2. The van der Waals surface area contributed by atoms with Crippen LogP contribution in [0.15, 0.2) is 88.8 Å². The van der Waals surface area contributed by atoms with E-state index < -0.39 is 46.9 Å². The minimum absolute atomic E-state index is 0. The van der Waals surface area contributed by atoms with Crippen LogP contribution in [-0.2, 0) is 65.7 Å². The van der Waals surface area contributed by atoms with Crippen LogP contribution in [0.5, 0.6) is 0 Å². The van der Waals surface area contributed by atoms with Crippen molar-refractivity contribution in [1.82, 2.24) is 4.98 Å². The molecule has 0 bridgehead atoms. The first-order valence-corrected chi connectivity index (χ1v) is 17.4. The fraction of sp³-hybridized carbons (Fsp3) is 0.269. The zero-order valence-corrected chi connectivity index (χ0v) is 29.9. The van der Waals surface area contributed by atoms with E-state index in [-0.39, 0.29) is 37.9 Å². The Hall–Kier alpha value is -3.50. The average Bonchev–Trinajstić information content (AvgIpc) is 3.72. The van der Waals surface area contributed by atoms with Gasteiger partial charge in [0.15, 0.2) is 30.4 Å². The summed E-state index contributed by atoms with van der Waals surface area (Å²) in [5, 5.41) is 0. The van der Waals surface area contributed by atoms with Crippen molar-refractivity contribution in [3.63, 3.8) is 0 Å². The molecule has 0 unspecified atom stereocenters. The number of aliphatic imine (C=N–C) groups is 2. The summed E-state index contributed by atoms with van der Waals surface area (Å²) in [6, 6.07) is 26.1. The molecule has 2 aliphatic rings. The molecule has 0 fully saturated rings. The van der Waals surface area contributed by atoms with Gasteiger partial charge in [-0.15, -0.1) is 0 Å². The number of rotatable bonds is 4. The molecule has 2 aliphatic heterocycles. The fourth-order valence-electron chi connectivity index (χ4n) is 3.39. The van der Waals surface area contributed by atoms with Crippen molar-refractivity contribution in [2.24, 2.45) is 9.98 Å². The Bertz CT molecular complexity index is 1870. The molecule has 0 N–H and O–H groups in total. The molecule has 3 aromatic rings. The first-order valence-electron chi connectivity index (χ1n) is 13.2. The summed E-state index contributed by atoms with van der Waals surface area (Å²) >= 11 is 0. The first-order chi connectivity index (χ1) is 23.6. The predicted octanol–water partition coefficient (Wildman–Crippen LogP) is 4.27. The van der Waals surface area contributed by atoms with E-state index in [2.05, 4.69) is 29.2 Å². The van der Waals surface area contributed by atoms with Gasteiger partial charge in [-0.3, -0.25) is 0 Å². The minimum Gasteiger partial charge on any atom is -0.741 e. The molecule has 2 aromatic carbocycles. The van der Waals surface area contributed by atoms with Gasteiger partial charge in [0.1, 0.15) is 36.7 Å². The van der Waals surface area contributed by atoms with Crippen molar-refractivity contribution in [3.8, 4) is 0 Å². The number of nitrogens with zero attached hydrogens (tertiary/aromatic N) is 3. The summed E-state index contributed by atoms with van der Waals surface area (Å²) in [5.41, 5.74) is -13.3. The van der Waals surface area contributed by atoms with E-state index in [1.165, 1.54) is 0 Å². The van der Waals surface area contributed by atoms with Crippen LogP contribution in [0.3, 0.4) is 0 Å². The second-order valence-electron chi connectivity index (χ2n) is 9.45. The number of pyridine rings is 1. The molecule has 1 aromatic heterocycles. The monoisotopic (exact) mass is 861 g/mol. The standard InChI is InChI=1S/C23H19N3O2.3CHF3O3S.Sc/c1-3-8-16(9-4-1)20-14-27-22(25-20)18-12-7-13-19(24-18)23-26-21(15-28-23)17-10-5-2-6-11-17;3*2-1(3,4)8(5,6)7;/h1-13,20-21H,14-15H2;3*(H,5,6,7);/q;;;;+3/p-3/t20-,21-;;;;/m1..../s1. The molecule has 2 atom stereocenters. The SMILES string of the molecule is O=S(=O)([O-])C(F)(F)F.O=S(=O)([O-])C(F)(F)F.O=S(=O)([O-])C(F)(F)F.[Sc+3].c1ccc([C@H]2COC(c3cccc(C4=N[C@@H](c5ccccc5)CO4)n3)=N2)cc1. The summed E-state index contributed by atoms with van der Waals surface area (Å²) in [5.74, 6) is 1.13. The zero-order valence-electron chi connectivity index (χ0n) is 25.6. The largest absolute Gasteiger partial charge is 3.00 e. The van der Waals surface area contributed by atoms with Crippen LogP contribution in [0.1, 0.15) is 34.6 Å². The third kappa shape index (κ3) is 15.0. The van der Waals surface area contributed by atoms with Crippen LogP contribution in [0.25, 0.3) is 0 Å². The predicted molar refractivity (Wildman–Crippen MR) is 155 cm³/mol. The van der Waals surface area contributed by atoms with Crippen molar-refractivity contribution in [2.75, 3.05) is 13.2 Å². The number of benzene rings is 2. The van der Waals surface area contributed by atoms with Crippen LogP contribution < -0.4 is 0 Å². The Labute approximate surface area is 312 Å². The molecule has 5 rings (SSSR count). The molecule has 27 heteroatoms. The molecule has 0 saturated carbocycles. The van der Waals surface area contributed by atoms with E-state index in [4.69, 9.17) is 58.4 Å². The van der Waals surface area contributed by atoms with E-state index in [1.807, 2.05) is 54.6 Å². The summed E-state index contributed by atoms with van der Waals surface area (Å²) in [7, 11) is -18.3. The summed E-state index contributed by atoms with van der Waals surface area (Å²) in [6.45, 7) is 1.05. The van der Waals surface area contributed by atoms with Gasteiger partial charge in [-0.1, -0.05) is 66.7 Å². The van der Waals surface area contributed by atoms with E-state index in [1.54, 1.807) is 0 Å². The van der Waals surface area contributed by atoms with Gasteiger partial charge < -0.3 is 23.1 Å². The summed E-state index contributed by atoms with van der Waals surface area (Å²) in [4.78, 5) is 14.1. The molecule has 0 aliphatic carbocycles. The number of aromatic nitrogens is 1. The Kier molecular flexibility index (Phi) is 16.8. The van der Waals surface area contributed by atoms with Gasteiger partial charge >= 0.3 is 42.4 Å². The summed E-state index contributed by atoms with van der Waals surface area (Å²) < 4.78 is 188. The Morgan fingerprint density at radius 3 is 1.02 bits per heavy atom. The normalized spacial score (nSPS) is 17.4. The molecule has 53 heavy (non-hydrogen) atoms. The van der Waals surface area contributed by atoms with Crippen LogP contribution in [0.2, 0.25) is 0 Å². The van der Waals surface area contributed by atoms with Gasteiger partial charge in [-0.25, -0.2) is 40.2 Å². The van der Waals surface area contributed by atoms with Crippen molar-refractivity contribution in [2.45, 2.75) is 28.6 Å². The van der Waals surface area contributed by atoms with E-state index in [0.29, 0.717) is 36.4 Å². The van der Waals surface area contributed by atoms with Crippen LogP contribution in [0.4, 0.5) is 39.5 Å². The van der Waals surface area contributed by atoms with Gasteiger partial charge in [-0.05, 0) is 23.3 Å². The van der Waals surface area contributed by atoms with Gasteiger partial charge in [0.2, 0.25) is 11.8 Å². The minimum atomic E-state index is -6.09. The van der Waals surface area contributed by atoms with Crippen molar-refractivity contribution >= 4 is 42.1 Å². The molecule has 0 saturated heterocycles. The molecule has 3 heterocycles. The molecule has 0 amide bonds. The third-order valence-electron chi connectivity index (χ3n) is 5.71. The first kappa shape index (κ1) is 47.5. The van der Waals surface area contributed by atoms with E-state index in [0.717, 1.165) is 11.1 Å². The topological polar surface area (TPSA) is 228 Å². The zero-order chi connectivity index (χ0) is 39.8. The molecule has 14 nitrogen and oxygen atoms in total. The van der Waals surface area contributed by atoms with E-state index in [9.17, 15) is 39.5 Å². The fourth-order valence-corrected chi connectivity index (χ4v) is 3.39. The molecular formula is C26H19F9N3O11S3Sc. The van der Waals surface area contributed by atoms with Crippen molar-refractivity contribution < 1.29 is 114 Å². The number of hydrogen-bond donors (Lipinski definition) is 0. The smallest absolute Gasteiger partial charge is 0.741 e. The second-order valence-corrected chi connectivity index (χ2v) is 13.6. The number of hydrogen-bond acceptors (Lipinski definition) is 14. The Balaban J connectivity index is 0.000000463. The molecule has 288 valence electrons. The maximum absolute atomic E-state index is 10.7. The average molecular weight is 862 g/mol. The number of alkyl halides is 9. The molecule has 0 radical (unpaired) electrons. The maximum Gasteiger partial charge on any atom is 3.00 e. The quantitative estimate of drug-likeness (QED) is 0.204. The Morgan fingerprint density at radius 1 is 0.509 bits per heavy atom. The number of halogens is 9. The van der Waals surface area contributed by atoms with Crippen LogP contribution in [-0.4, -0.2) is 85.4 Å². The second kappa shape index (κ2) is 18.7. The van der Waals surface area contributed by atoms with E-state index >= 15 is 0 Å². The molecule has 0 spiro atoms. The van der Waals surface area contributed by atoms with Crippen molar-refractivity contribution in [1.29, 1.82) is 0 Å². The van der Waals surface area contributed by atoms with Crippen LogP contribution in [0, 0.1) is 0 Å². The van der Waals surface area contributed by atoms with Crippen molar-refractivity contribution in [3.05, 3.63) is 101 Å². The summed E-state index contributed by atoms with van der Waals surface area (Å²) in [6.07, 6.45) is 0. The Morgan fingerprint density at radius 2 is 0.774 bits per heavy atom. The van der Waals surface area contributed by atoms with Crippen LogP contribution >= 0.6 is 0 Å². The van der Waals surface area contributed by atoms with Gasteiger partial charge in [-0.2, -0.15) is 39.5 Å². The van der Waals surface area contributed by atoms with Gasteiger partial charge in [0.05, 0.1) is 0 Å². The molecular weight excluding hydrogens is 842 g/mol.